The van der Waals surface area contributed by atoms with Crippen molar-refractivity contribution in [3.05, 3.63) is 54.5 Å². The summed E-state index contributed by atoms with van der Waals surface area (Å²) in [5.41, 5.74) is 0.479. The summed E-state index contributed by atoms with van der Waals surface area (Å²) >= 11 is 0. The number of furan rings is 1. The predicted octanol–water partition coefficient (Wildman–Crippen LogP) is 2.02. The molecule has 1 aromatic heterocycles. The molecule has 0 aliphatic carbocycles. The molecule has 1 aromatic carbocycles. The van der Waals surface area contributed by atoms with Gasteiger partial charge in [-0.1, -0.05) is 18.2 Å². The van der Waals surface area contributed by atoms with Gasteiger partial charge in [-0.3, -0.25) is 19.3 Å². The molecule has 1 aliphatic rings. The van der Waals surface area contributed by atoms with Gasteiger partial charge < -0.3 is 18.8 Å². The molecule has 2 aromatic rings. The third-order valence-electron chi connectivity index (χ3n) is 4.82. The number of amides is 2. The fourth-order valence-corrected chi connectivity index (χ4v) is 3.37. The molecule has 2 amide bonds. The topological polar surface area (TPSA) is 106 Å². The lowest BCUT2D eigenvalue weighted by Gasteiger charge is -2.24. The maximum atomic E-state index is 12.8. The standard InChI is InChI=1S/C22H24N2O7/c1-2-29-20(26)14-24(16-8-4-3-5-9-16)19(25)15-31-22(28)17-10-6-12-23(17)21(27)18-11-7-13-30-18/h3-5,7-9,11,13,17H,2,6,10,12,14-15H2,1H3/t17-/m0/s1. The largest absolute Gasteiger partial charge is 0.465 e. The number of hydrogen-bond donors (Lipinski definition) is 0. The highest BCUT2D eigenvalue weighted by atomic mass is 16.5. The van der Waals surface area contributed by atoms with Crippen LogP contribution in [-0.4, -0.2) is 61.0 Å². The lowest BCUT2D eigenvalue weighted by molar-refractivity contribution is -0.151. The summed E-state index contributed by atoms with van der Waals surface area (Å²) in [4.78, 5) is 52.4. The van der Waals surface area contributed by atoms with Crippen LogP contribution in [0.1, 0.15) is 30.3 Å². The fourth-order valence-electron chi connectivity index (χ4n) is 3.37. The molecule has 3 rings (SSSR count). The van der Waals surface area contributed by atoms with Gasteiger partial charge in [0.05, 0.1) is 12.9 Å². The molecule has 2 heterocycles. The molecule has 1 fully saturated rings. The van der Waals surface area contributed by atoms with E-state index in [4.69, 9.17) is 13.9 Å². The van der Waals surface area contributed by atoms with Crippen molar-refractivity contribution in [3.63, 3.8) is 0 Å². The van der Waals surface area contributed by atoms with Crippen molar-refractivity contribution in [2.45, 2.75) is 25.8 Å². The Morgan fingerprint density at radius 3 is 2.55 bits per heavy atom. The van der Waals surface area contributed by atoms with Crippen LogP contribution < -0.4 is 4.90 Å². The number of esters is 2. The van der Waals surface area contributed by atoms with E-state index in [1.807, 2.05) is 0 Å². The third kappa shape index (κ3) is 5.50. The van der Waals surface area contributed by atoms with Crippen LogP contribution >= 0.6 is 0 Å². The van der Waals surface area contributed by atoms with Gasteiger partial charge in [-0.25, -0.2) is 4.79 Å². The van der Waals surface area contributed by atoms with Gasteiger partial charge in [-0.05, 0) is 44.0 Å². The van der Waals surface area contributed by atoms with Crippen LogP contribution in [0.15, 0.2) is 53.1 Å². The van der Waals surface area contributed by atoms with Crippen molar-refractivity contribution >= 4 is 29.4 Å². The molecular weight excluding hydrogens is 404 g/mol. The Kier molecular flexibility index (Phi) is 7.42. The van der Waals surface area contributed by atoms with E-state index in [-0.39, 0.29) is 18.9 Å². The van der Waals surface area contributed by atoms with Gasteiger partial charge in [0.2, 0.25) is 0 Å². The van der Waals surface area contributed by atoms with Crippen LogP contribution in [-0.2, 0) is 23.9 Å². The smallest absolute Gasteiger partial charge is 0.329 e. The summed E-state index contributed by atoms with van der Waals surface area (Å²) in [6, 6.07) is 10.9. The quantitative estimate of drug-likeness (QED) is 0.592. The Morgan fingerprint density at radius 1 is 1.10 bits per heavy atom. The highest BCUT2D eigenvalue weighted by molar-refractivity contribution is 5.99. The van der Waals surface area contributed by atoms with Crippen LogP contribution in [0.3, 0.4) is 0 Å². The molecule has 9 nitrogen and oxygen atoms in total. The van der Waals surface area contributed by atoms with Crippen LogP contribution in [0.2, 0.25) is 0 Å². The van der Waals surface area contributed by atoms with E-state index < -0.39 is 36.4 Å². The number of ether oxygens (including phenoxy) is 2. The van der Waals surface area contributed by atoms with Crippen molar-refractivity contribution in [1.82, 2.24) is 4.90 Å². The van der Waals surface area contributed by atoms with Crippen molar-refractivity contribution in [3.8, 4) is 0 Å². The minimum absolute atomic E-state index is 0.139. The minimum atomic E-state index is -0.791. The molecule has 1 atom stereocenters. The molecular formula is C22H24N2O7. The van der Waals surface area contributed by atoms with E-state index in [1.54, 1.807) is 43.3 Å². The summed E-state index contributed by atoms with van der Waals surface area (Å²) in [6.45, 7) is 1.39. The first kappa shape index (κ1) is 22.1. The van der Waals surface area contributed by atoms with Crippen LogP contribution in [0, 0.1) is 0 Å². The average Bonchev–Trinajstić information content (AvgIpc) is 3.48. The summed E-state index contributed by atoms with van der Waals surface area (Å²) in [5.74, 6) is -2.08. The average molecular weight is 428 g/mol. The highest BCUT2D eigenvalue weighted by Crippen LogP contribution is 2.22. The molecule has 9 heteroatoms. The molecule has 164 valence electrons. The lowest BCUT2D eigenvalue weighted by atomic mass is 10.2. The van der Waals surface area contributed by atoms with Crippen molar-refractivity contribution in [2.24, 2.45) is 0 Å². The fraction of sp³-hybridized carbons (Fsp3) is 0.364. The predicted molar refractivity (Wildman–Crippen MR) is 109 cm³/mol. The first-order valence-electron chi connectivity index (χ1n) is 10.0. The van der Waals surface area contributed by atoms with E-state index in [0.29, 0.717) is 25.1 Å². The van der Waals surface area contributed by atoms with Crippen molar-refractivity contribution in [2.75, 3.05) is 31.2 Å². The summed E-state index contributed by atoms with van der Waals surface area (Å²) in [6.07, 6.45) is 2.46. The SMILES string of the molecule is CCOC(=O)CN(C(=O)COC(=O)[C@@H]1CCCN1C(=O)c1ccco1)c1ccccc1. The Hall–Kier alpha value is -3.62. The highest BCUT2D eigenvalue weighted by Gasteiger charge is 2.37. The Balaban J connectivity index is 1.63. The number of likely N-dealkylation sites (tertiary alicyclic amines) is 1. The number of benzene rings is 1. The van der Waals surface area contributed by atoms with Crippen molar-refractivity contribution in [1.29, 1.82) is 0 Å². The van der Waals surface area contributed by atoms with Crippen LogP contribution in [0.25, 0.3) is 0 Å². The molecule has 1 saturated heterocycles. The zero-order valence-electron chi connectivity index (χ0n) is 17.2. The number of carbonyl (C=O) groups excluding carboxylic acids is 4. The van der Waals surface area contributed by atoms with Gasteiger partial charge in [-0.2, -0.15) is 0 Å². The van der Waals surface area contributed by atoms with Crippen molar-refractivity contribution < 1.29 is 33.1 Å². The van der Waals surface area contributed by atoms with E-state index in [2.05, 4.69) is 0 Å². The number of hydrogen-bond acceptors (Lipinski definition) is 7. The second kappa shape index (κ2) is 10.4. The summed E-state index contributed by atoms with van der Waals surface area (Å²) in [7, 11) is 0. The Labute approximate surface area is 179 Å². The molecule has 0 unspecified atom stereocenters. The third-order valence-corrected chi connectivity index (χ3v) is 4.82. The number of anilines is 1. The first-order valence-corrected chi connectivity index (χ1v) is 10.0. The van der Waals surface area contributed by atoms with Crippen LogP contribution in [0.5, 0.6) is 0 Å². The summed E-state index contributed by atoms with van der Waals surface area (Å²) < 4.78 is 15.3. The maximum Gasteiger partial charge on any atom is 0.329 e. The maximum absolute atomic E-state index is 12.8. The van der Waals surface area contributed by atoms with Gasteiger partial charge >= 0.3 is 11.9 Å². The zero-order chi connectivity index (χ0) is 22.2. The lowest BCUT2D eigenvalue weighted by Crippen LogP contribution is -2.43. The monoisotopic (exact) mass is 428 g/mol. The molecule has 0 bridgehead atoms. The Morgan fingerprint density at radius 2 is 1.87 bits per heavy atom. The molecule has 0 radical (unpaired) electrons. The first-order chi connectivity index (χ1) is 15.0. The Bertz CT molecular complexity index is 911. The second-order valence-electron chi connectivity index (χ2n) is 6.86. The molecule has 0 saturated carbocycles. The molecule has 0 spiro atoms. The summed E-state index contributed by atoms with van der Waals surface area (Å²) in [5, 5.41) is 0. The van der Waals surface area contributed by atoms with Gasteiger partial charge in [0.1, 0.15) is 12.6 Å². The zero-order valence-corrected chi connectivity index (χ0v) is 17.2. The second-order valence-corrected chi connectivity index (χ2v) is 6.86. The number of nitrogens with zero attached hydrogens (tertiary/aromatic N) is 2. The number of carbonyl (C=O) groups is 4. The van der Waals surface area contributed by atoms with Gasteiger partial charge in [-0.15, -0.1) is 0 Å². The van der Waals surface area contributed by atoms with Gasteiger partial charge in [0.15, 0.2) is 12.4 Å². The van der Waals surface area contributed by atoms with E-state index in [9.17, 15) is 19.2 Å². The number of para-hydroxylation sites is 1. The van der Waals surface area contributed by atoms with Gasteiger partial charge in [0.25, 0.3) is 11.8 Å². The van der Waals surface area contributed by atoms with Gasteiger partial charge in [0, 0.05) is 12.2 Å². The van der Waals surface area contributed by atoms with E-state index in [0.717, 1.165) is 0 Å². The van der Waals surface area contributed by atoms with E-state index in [1.165, 1.54) is 22.1 Å². The molecule has 0 N–H and O–H groups in total. The molecule has 31 heavy (non-hydrogen) atoms. The normalized spacial score (nSPS) is 15.4. The number of rotatable bonds is 8. The molecule has 1 aliphatic heterocycles. The minimum Gasteiger partial charge on any atom is -0.465 e. The van der Waals surface area contributed by atoms with Crippen LogP contribution in [0.4, 0.5) is 5.69 Å². The van der Waals surface area contributed by atoms with E-state index >= 15 is 0 Å².